The molecule has 2 N–H and O–H groups in total. The quantitative estimate of drug-likeness (QED) is 0.612. The summed E-state index contributed by atoms with van der Waals surface area (Å²) >= 11 is 0. The van der Waals surface area contributed by atoms with Crippen molar-refractivity contribution < 1.29 is 19.5 Å². The molecule has 1 aliphatic rings. The molecule has 1 aliphatic heterocycles. The molecular formula is C25H21N3O4. The van der Waals surface area contributed by atoms with Gasteiger partial charge in [0.05, 0.1) is 23.7 Å². The van der Waals surface area contributed by atoms with Crippen molar-refractivity contribution in [1.82, 2.24) is 9.88 Å². The van der Waals surface area contributed by atoms with E-state index in [1.54, 1.807) is 29.3 Å². The van der Waals surface area contributed by atoms with Crippen LogP contribution in [0.25, 0.3) is 6.08 Å². The van der Waals surface area contributed by atoms with E-state index < -0.39 is 11.9 Å². The highest BCUT2D eigenvalue weighted by Gasteiger charge is 2.34. The molecular weight excluding hydrogens is 406 g/mol. The molecule has 0 spiro atoms. The Labute approximate surface area is 185 Å². The van der Waals surface area contributed by atoms with E-state index >= 15 is 0 Å². The summed E-state index contributed by atoms with van der Waals surface area (Å²) < 4.78 is 0. The number of hydrogen-bond acceptors (Lipinski definition) is 4. The van der Waals surface area contributed by atoms with Gasteiger partial charge in [-0.25, -0.2) is 9.59 Å². The van der Waals surface area contributed by atoms with Gasteiger partial charge in [0.25, 0.3) is 0 Å². The molecule has 1 atom stereocenters. The van der Waals surface area contributed by atoms with Crippen molar-refractivity contribution in [3.8, 4) is 0 Å². The van der Waals surface area contributed by atoms with Crippen LogP contribution in [0.4, 0.5) is 10.5 Å². The Bertz CT molecular complexity index is 1160. The number of pyridine rings is 1. The van der Waals surface area contributed by atoms with Crippen molar-refractivity contribution in [1.29, 1.82) is 0 Å². The van der Waals surface area contributed by atoms with E-state index in [9.17, 15) is 14.4 Å². The molecule has 7 heteroatoms. The molecule has 1 aromatic heterocycles. The van der Waals surface area contributed by atoms with Crippen LogP contribution in [0.1, 0.15) is 27.5 Å². The topological polar surface area (TPSA) is 99.6 Å². The third-order valence-corrected chi connectivity index (χ3v) is 5.28. The van der Waals surface area contributed by atoms with Crippen molar-refractivity contribution in [2.75, 3.05) is 18.4 Å². The molecule has 7 nitrogen and oxygen atoms in total. The first kappa shape index (κ1) is 21.0. The zero-order valence-corrected chi connectivity index (χ0v) is 17.1. The number of urea groups is 1. The second kappa shape index (κ2) is 9.26. The number of aromatic nitrogens is 1. The van der Waals surface area contributed by atoms with Crippen LogP contribution >= 0.6 is 0 Å². The lowest BCUT2D eigenvalue weighted by molar-refractivity contribution is -0.118. The predicted octanol–water partition coefficient (Wildman–Crippen LogP) is 4.06. The lowest BCUT2D eigenvalue weighted by atomic mass is 9.86. The van der Waals surface area contributed by atoms with E-state index in [1.807, 2.05) is 36.4 Å². The zero-order chi connectivity index (χ0) is 22.5. The minimum absolute atomic E-state index is 0.0308. The molecule has 0 saturated carbocycles. The number of anilines is 1. The monoisotopic (exact) mass is 427 g/mol. The number of piperidine rings is 1. The lowest BCUT2D eigenvalue weighted by Gasteiger charge is -2.33. The minimum Gasteiger partial charge on any atom is -0.478 e. The number of amides is 2. The second-order valence-electron chi connectivity index (χ2n) is 7.44. The lowest BCUT2D eigenvalue weighted by Crippen LogP contribution is -2.46. The maximum Gasteiger partial charge on any atom is 0.335 e. The average Bonchev–Trinajstić information content (AvgIpc) is 2.82. The first-order valence-corrected chi connectivity index (χ1v) is 10.1. The second-order valence-corrected chi connectivity index (χ2v) is 7.44. The van der Waals surface area contributed by atoms with Crippen molar-refractivity contribution in [2.24, 2.45) is 0 Å². The number of rotatable bonds is 4. The summed E-state index contributed by atoms with van der Waals surface area (Å²) in [6.07, 6.45) is 3.37. The normalized spacial score (nSPS) is 17.2. The molecule has 1 unspecified atom stereocenters. The number of carbonyl (C=O) groups excluding carboxylic acids is 2. The number of nitrogens with zero attached hydrogens (tertiary/aromatic N) is 2. The molecule has 0 radical (unpaired) electrons. The average molecular weight is 427 g/mol. The largest absolute Gasteiger partial charge is 0.478 e. The fraction of sp³-hybridized carbons (Fsp3) is 0.120. The fourth-order valence-corrected chi connectivity index (χ4v) is 3.63. The Hall–Kier alpha value is -4.26. The molecule has 1 fully saturated rings. The molecule has 160 valence electrons. The highest BCUT2D eigenvalue weighted by molar-refractivity contribution is 6.06. The Kier molecular flexibility index (Phi) is 6.07. The van der Waals surface area contributed by atoms with E-state index in [0.717, 1.165) is 5.56 Å². The summed E-state index contributed by atoms with van der Waals surface area (Å²) in [6.45, 7) is 0.388. The molecule has 2 amide bonds. The van der Waals surface area contributed by atoms with Gasteiger partial charge in [0.2, 0.25) is 0 Å². The molecule has 2 aromatic carbocycles. The third kappa shape index (κ3) is 4.73. The van der Waals surface area contributed by atoms with Crippen LogP contribution < -0.4 is 5.32 Å². The third-order valence-electron chi connectivity index (χ3n) is 5.28. The zero-order valence-electron chi connectivity index (χ0n) is 17.1. The number of nitrogens with one attached hydrogen (secondary N) is 1. The number of carboxylic acids is 1. The Morgan fingerprint density at radius 1 is 1.00 bits per heavy atom. The number of carboxylic acid groups (broad SMARTS) is 1. The summed E-state index contributed by atoms with van der Waals surface area (Å²) in [5.41, 5.74) is 2.60. The van der Waals surface area contributed by atoms with E-state index in [1.165, 1.54) is 24.3 Å². The van der Waals surface area contributed by atoms with E-state index in [4.69, 9.17) is 5.11 Å². The summed E-state index contributed by atoms with van der Waals surface area (Å²) in [6, 6.07) is 20.4. The summed E-state index contributed by atoms with van der Waals surface area (Å²) in [5.74, 6) is -1.55. The Morgan fingerprint density at radius 2 is 1.72 bits per heavy atom. The molecule has 1 saturated heterocycles. The number of ketones is 1. The van der Waals surface area contributed by atoms with Gasteiger partial charge in [-0.15, -0.1) is 0 Å². The molecule has 32 heavy (non-hydrogen) atoms. The van der Waals surface area contributed by atoms with Crippen molar-refractivity contribution in [2.45, 2.75) is 5.92 Å². The van der Waals surface area contributed by atoms with E-state index in [0.29, 0.717) is 17.0 Å². The number of benzene rings is 2. The molecule has 4 rings (SSSR count). The standard InChI is InChI=1S/C25H21N3O4/c29-23-19(14-21-8-4-5-13-26-21)15-28(16-22(23)17-6-2-1-3-7-17)25(32)27-20-11-9-18(10-12-20)24(30)31/h1-14,22H,15-16H2,(H,27,32)(H,30,31). The predicted molar refractivity (Wildman–Crippen MR) is 120 cm³/mol. The molecule has 0 bridgehead atoms. The van der Waals surface area contributed by atoms with Gasteiger partial charge < -0.3 is 15.3 Å². The van der Waals surface area contributed by atoms with Gasteiger partial charge in [-0.3, -0.25) is 9.78 Å². The van der Waals surface area contributed by atoms with Crippen LogP contribution in [0.5, 0.6) is 0 Å². The number of Topliss-reactive ketones (excluding diaryl/α,β-unsaturated/α-hetero) is 1. The molecule has 2 heterocycles. The summed E-state index contributed by atoms with van der Waals surface area (Å²) in [7, 11) is 0. The number of carbonyl (C=O) groups is 3. The summed E-state index contributed by atoms with van der Waals surface area (Å²) in [4.78, 5) is 43.1. The Balaban J connectivity index is 1.60. The molecule has 3 aromatic rings. The van der Waals surface area contributed by atoms with Crippen LogP contribution in [-0.4, -0.2) is 45.9 Å². The number of aromatic carboxylic acids is 1. The highest BCUT2D eigenvalue weighted by Crippen LogP contribution is 2.28. The SMILES string of the molecule is O=C(O)c1ccc(NC(=O)N2CC(=Cc3ccccn3)C(=O)C(c3ccccc3)C2)cc1. The Morgan fingerprint density at radius 3 is 2.38 bits per heavy atom. The maximum atomic E-state index is 13.2. The van der Waals surface area contributed by atoms with Crippen molar-refractivity contribution >= 4 is 29.5 Å². The van der Waals surface area contributed by atoms with Gasteiger partial charge in [0.15, 0.2) is 5.78 Å². The highest BCUT2D eigenvalue weighted by atomic mass is 16.4. The van der Waals surface area contributed by atoms with E-state index in [2.05, 4.69) is 10.3 Å². The van der Waals surface area contributed by atoms with Gasteiger partial charge >= 0.3 is 12.0 Å². The molecule has 0 aliphatic carbocycles. The van der Waals surface area contributed by atoms with Crippen LogP contribution in [0.15, 0.2) is 84.6 Å². The van der Waals surface area contributed by atoms with Crippen LogP contribution in [-0.2, 0) is 4.79 Å². The van der Waals surface area contributed by atoms with Crippen molar-refractivity contribution in [3.63, 3.8) is 0 Å². The van der Waals surface area contributed by atoms with Gasteiger partial charge in [0.1, 0.15) is 0 Å². The smallest absolute Gasteiger partial charge is 0.335 e. The minimum atomic E-state index is -1.03. The van der Waals surface area contributed by atoms with E-state index in [-0.39, 0.29) is 30.5 Å². The van der Waals surface area contributed by atoms with Gasteiger partial charge in [-0.2, -0.15) is 0 Å². The van der Waals surface area contributed by atoms with Crippen LogP contribution in [0.3, 0.4) is 0 Å². The first-order valence-electron chi connectivity index (χ1n) is 10.1. The van der Waals surface area contributed by atoms with Gasteiger partial charge in [-0.1, -0.05) is 36.4 Å². The van der Waals surface area contributed by atoms with Crippen molar-refractivity contribution in [3.05, 3.63) is 101 Å². The summed E-state index contributed by atoms with van der Waals surface area (Å²) in [5, 5.41) is 11.8. The number of likely N-dealkylation sites (tertiary alicyclic amines) is 1. The first-order chi connectivity index (χ1) is 15.5. The number of hydrogen-bond donors (Lipinski definition) is 2. The fourth-order valence-electron chi connectivity index (χ4n) is 3.63. The maximum absolute atomic E-state index is 13.2. The van der Waals surface area contributed by atoms with Crippen LogP contribution in [0.2, 0.25) is 0 Å². The van der Waals surface area contributed by atoms with Gasteiger partial charge in [0, 0.05) is 24.0 Å². The van der Waals surface area contributed by atoms with Crippen LogP contribution in [0, 0.1) is 0 Å². The van der Waals surface area contributed by atoms with Gasteiger partial charge in [-0.05, 0) is 48.0 Å².